The number of amides is 1. The van der Waals surface area contributed by atoms with Crippen molar-refractivity contribution in [2.24, 2.45) is 5.10 Å². The molecule has 1 N–H and O–H groups in total. The molecule has 0 atom stereocenters. The lowest BCUT2D eigenvalue weighted by atomic mass is 10.2. The van der Waals surface area contributed by atoms with Crippen LogP contribution < -0.4 is 10.2 Å². The molecule has 0 aromatic heterocycles. The van der Waals surface area contributed by atoms with Crippen molar-refractivity contribution in [3.05, 3.63) is 65.7 Å². The normalized spacial score (nSPS) is 15.5. The Kier molecular flexibility index (Phi) is 8.22. The Morgan fingerprint density at radius 1 is 1.03 bits per heavy atom. The second-order valence-electron chi connectivity index (χ2n) is 7.25. The lowest BCUT2D eigenvalue weighted by Crippen LogP contribution is -2.48. The van der Waals surface area contributed by atoms with Crippen molar-refractivity contribution in [3.63, 3.8) is 0 Å². The summed E-state index contributed by atoms with van der Waals surface area (Å²) in [5.74, 6) is 0.764. The summed E-state index contributed by atoms with van der Waals surface area (Å²) in [4.78, 5) is 16.7. The van der Waals surface area contributed by atoms with Gasteiger partial charge in [-0.05, 0) is 41.8 Å². The van der Waals surface area contributed by atoms with E-state index in [9.17, 15) is 4.79 Å². The van der Waals surface area contributed by atoms with Crippen LogP contribution in [0.25, 0.3) is 0 Å². The third-order valence-electron chi connectivity index (χ3n) is 4.84. The molecule has 0 unspecified atom stereocenters. The molecule has 1 amide bonds. The van der Waals surface area contributed by atoms with Crippen molar-refractivity contribution in [2.75, 3.05) is 39.3 Å². The fourth-order valence-electron chi connectivity index (χ4n) is 3.23. The van der Waals surface area contributed by atoms with Crippen LogP contribution in [0.2, 0.25) is 0 Å². The highest BCUT2D eigenvalue weighted by molar-refractivity contribution is 5.83. The Morgan fingerprint density at radius 2 is 1.72 bits per heavy atom. The second kappa shape index (κ2) is 11.3. The first-order chi connectivity index (χ1) is 14.2. The fourth-order valence-corrected chi connectivity index (χ4v) is 3.23. The highest BCUT2D eigenvalue weighted by Crippen LogP contribution is 2.11. The molecule has 2 aromatic carbocycles. The molecule has 154 valence electrons. The number of hydrazone groups is 1. The quantitative estimate of drug-likeness (QED) is 0.525. The number of ether oxygens (including phenoxy) is 1. The number of rotatable bonds is 9. The van der Waals surface area contributed by atoms with E-state index in [4.69, 9.17) is 4.74 Å². The highest BCUT2D eigenvalue weighted by atomic mass is 16.5. The minimum atomic E-state index is -0.0827. The van der Waals surface area contributed by atoms with E-state index < -0.39 is 0 Å². The van der Waals surface area contributed by atoms with Gasteiger partial charge in [0.25, 0.3) is 5.91 Å². The smallest absolute Gasteiger partial charge is 0.254 e. The van der Waals surface area contributed by atoms with E-state index in [1.54, 1.807) is 6.21 Å². The molecule has 1 fully saturated rings. The predicted molar refractivity (Wildman–Crippen MR) is 116 cm³/mol. The van der Waals surface area contributed by atoms with Gasteiger partial charge in [0, 0.05) is 32.7 Å². The van der Waals surface area contributed by atoms with Crippen LogP contribution in [0.3, 0.4) is 0 Å². The van der Waals surface area contributed by atoms with Gasteiger partial charge in [-0.25, -0.2) is 5.43 Å². The topological polar surface area (TPSA) is 57.2 Å². The molecule has 0 bridgehead atoms. The number of piperazine rings is 1. The van der Waals surface area contributed by atoms with E-state index in [0.29, 0.717) is 13.2 Å². The average molecular weight is 395 g/mol. The van der Waals surface area contributed by atoms with Crippen LogP contribution >= 0.6 is 0 Å². The van der Waals surface area contributed by atoms with E-state index in [1.165, 1.54) is 5.56 Å². The number of nitrogens with one attached hydrogen (secondary N) is 1. The van der Waals surface area contributed by atoms with Crippen LogP contribution in [0.5, 0.6) is 5.75 Å². The van der Waals surface area contributed by atoms with Crippen molar-refractivity contribution < 1.29 is 9.53 Å². The fraction of sp³-hybridized carbons (Fsp3) is 0.391. The summed E-state index contributed by atoms with van der Waals surface area (Å²) in [6.07, 6.45) is 2.64. The van der Waals surface area contributed by atoms with Crippen molar-refractivity contribution in [1.29, 1.82) is 0 Å². The monoisotopic (exact) mass is 394 g/mol. The van der Waals surface area contributed by atoms with Crippen LogP contribution in [-0.2, 0) is 11.3 Å². The minimum Gasteiger partial charge on any atom is -0.494 e. The van der Waals surface area contributed by atoms with E-state index in [2.05, 4.69) is 51.5 Å². The molecule has 29 heavy (non-hydrogen) atoms. The van der Waals surface area contributed by atoms with Gasteiger partial charge in [-0.3, -0.25) is 14.6 Å². The molecule has 0 radical (unpaired) electrons. The van der Waals surface area contributed by atoms with Gasteiger partial charge in [0.2, 0.25) is 0 Å². The highest BCUT2D eigenvalue weighted by Gasteiger charge is 2.18. The predicted octanol–water partition coefficient (Wildman–Crippen LogP) is 2.74. The molecule has 1 aliphatic heterocycles. The van der Waals surface area contributed by atoms with Crippen molar-refractivity contribution in [1.82, 2.24) is 15.2 Å². The Hall–Kier alpha value is -2.70. The molecule has 0 spiro atoms. The lowest BCUT2D eigenvalue weighted by molar-refractivity contribution is -0.122. The maximum absolute atomic E-state index is 12.1. The molecule has 0 aliphatic carbocycles. The summed E-state index contributed by atoms with van der Waals surface area (Å²) in [7, 11) is 0. The first-order valence-electron chi connectivity index (χ1n) is 10.3. The number of hydrogen-bond acceptors (Lipinski definition) is 5. The Morgan fingerprint density at radius 3 is 2.41 bits per heavy atom. The second-order valence-corrected chi connectivity index (χ2v) is 7.25. The van der Waals surface area contributed by atoms with Crippen LogP contribution in [0.4, 0.5) is 0 Å². The summed E-state index contributed by atoms with van der Waals surface area (Å²) in [5, 5.41) is 4.07. The van der Waals surface area contributed by atoms with E-state index >= 15 is 0 Å². The van der Waals surface area contributed by atoms with Gasteiger partial charge in [-0.1, -0.05) is 37.3 Å². The third kappa shape index (κ3) is 7.33. The molecule has 1 saturated heterocycles. The van der Waals surface area contributed by atoms with Crippen LogP contribution in [-0.4, -0.2) is 61.3 Å². The van der Waals surface area contributed by atoms with Crippen molar-refractivity contribution in [2.45, 2.75) is 19.9 Å². The van der Waals surface area contributed by atoms with Gasteiger partial charge in [-0.2, -0.15) is 5.10 Å². The Labute approximate surface area is 173 Å². The zero-order chi connectivity index (χ0) is 20.3. The van der Waals surface area contributed by atoms with E-state index in [1.807, 2.05) is 30.3 Å². The number of hydrogen-bond donors (Lipinski definition) is 1. The summed E-state index contributed by atoms with van der Waals surface area (Å²) in [6, 6.07) is 18.2. The first-order valence-corrected chi connectivity index (χ1v) is 10.3. The summed E-state index contributed by atoms with van der Waals surface area (Å²) in [5.41, 5.74) is 4.87. The molecular weight excluding hydrogens is 364 g/mol. The van der Waals surface area contributed by atoms with E-state index in [0.717, 1.165) is 50.5 Å². The van der Waals surface area contributed by atoms with Crippen molar-refractivity contribution in [3.8, 4) is 5.75 Å². The number of nitrogens with zero attached hydrogens (tertiary/aromatic N) is 3. The van der Waals surface area contributed by atoms with Gasteiger partial charge in [-0.15, -0.1) is 0 Å². The molecule has 0 saturated carbocycles. The SMILES string of the molecule is CCCOc1ccc(/C=N\NC(=O)CN2CCN(Cc3ccccc3)CC2)cc1. The van der Waals surface area contributed by atoms with Crippen LogP contribution in [0.1, 0.15) is 24.5 Å². The summed E-state index contributed by atoms with van der Waals surface area (Å²) >= 11 is 0. The molecule has 1 aliphatic rings. The van der Waals surface area contributed by atoms with Crippen LogP contribution in [0, 0.1) is 0 Å². The summed E-state index contributed by atoms with van der Waals surface area (Å²) < 4.78 is 5.55. The van der Waals surface area contributed by atoms with Gasteiger partial charge >= 0.3 is 0 Å². The molecular formula is C23H30N4O2. The molecule has 2 aromatic rings. The van der Waals surface area contributed by atoms with Crippen LogP contribution in [0.15, 0.2) is 59.7 Å². The number of carbonyl (C=O) groups is 1. The zero-order valence-corrected chi connectivity index (χ0v) is 17.1. The molecule has 6 heteroatoms. The molecule has 3 rings (SSSR count). The zero-order valence-electron chi connectivity index (χ0n) is 17.1. The average Bonchev–Trinajstić information content (AvgIpc) is 2.75. The molecule has 1 heterocycles. The standard InChI is InChI=1S/C23H30N4O2/c1-2-16-29-22-10-8-20(9-11-22)17-24-25-23(28)19-27-14-12-26(13-15-27)18-21-6-4-3-5-7-21/h3-11,17H,2,12-16,18-19H2,1H3,(H,25,28)/b24-17-. The first kappa shape index (κ1) is 21.0. The maximum atomic E-state index is 12.1. The molecule has 6 nitrogen and oxygen atoms in total. The van der Waals surface area contributed by atoms with Gasteiger partial charge in [0.15, 0.2) is 0 Å². The van der Waals surface area contributed by atoms with E-state index in [-0.39, 0.29) is 5.91 Å². The lowest BCUT2D eigenvalue weighted by Gasteiger charge is -2.34. The largest absolute Gasteiger partial charge is 0.494 e. The van der Waals surface area contributed by atoms with Gasteiger partial charge in [0.1, 0.15) is 5.75 Å². The summed E-state index contributed by atoms with van der Waals surface area (Å²) in [6.45, 7) is 7.86. The van der Waals surface area contributed by atoms with Gasteiger partial charge in [0.05, 0.1) is 19.4 Å². The Bertz CT molecular complexity index is 769. The number of benzene rings is 2. The third-order valence-corrected chi connectivity index (χ3v) is 4.84. The minimum absolute atomic E-state index is 0.0827. The Balaban J connectivity index is 1.35. The maximum Gasteiger partial charge on any atom is 0.254 e. The number of carbonyl (C=O) groups excluding carboxylic acids is 1. The van der Waals surface area contributed by atoms with Gasteiger partial charge < -0.3 is 4.74 Å². The van der Waals surface area contributed by atoms with Crippen molar-refractivity contribution >= 4 is 12.1 Å².